The van der Waals surface area contributed by atoms with E-state index in [1.807, 2.05) is 30.3 Å². The zero-order valence-electron chi connectivity index (χ0n) is 11.4. The van der Waals surface area contributed by atoms with Gasteiger partial charge < -0.3 is 0 Å². The standard InChI is InChI=1S/C17H24O/c1-2-14(15-9-5-3-6-10-15)13-17(18)16-11-7-4-8-12-16/h4,7-8,11-12,14-15H,2-3,5-6,9-10,13H2,1H3/t14-/m0/s1. The second-order valence-corrected chi connectivity index (χ2v) is 5.56. The van der Waals surface area contributed by atoms with Gasteiger partial charge in [0.15, 0.2) is 5.78 Å². The van der Waals surface area contributed by atoms with Crippen LogP contribution in [0, 0.1) is 11.8 Å². The van der Waals surface area contributed by atoms with Crippen LogP contribution in [0.5, 0.6) is 0 Å². The molecule has 1 aliphatic rings. The third kappa shape index (κ3) is 3.44. The van der Waals surface area contributed by atoms with Gasteiger partial charge in [0.2, 0.25) is 0 Å². The van der Waals surface area contributed by atoms with Crippen LogP contribution in [0.1, 0.15) is 62.2 Å². The lowest BCUT2D eigenvalue weighted by molar-refractivity contribution is 0.0928. The highest BCUT2D eigenvalue weighted by molar-refractivity contribution is 5.96. The quantitative estimate of drug-likeness (QED) is 0.676. The zero-order valence-corrected chi connectivity index (χ0v) is 11.4. The fraction of sp³-hybridized carbons (Fsp3) is 0.588. The van der Waals surface area contributed by atoms with E-state index in [1.165, 1.54) is 32.1 Å². The van der Waals surface area contributed by atoms with Crippen LogP contribution < -0.4 is 0 Å². The Hall–Kier alpha value is -1.11. The maximum Gasteiger partial charge on any atom is 0.163 e. The molecule has 2 rings (SSSR count). The minimum Gasteiger partial charge on any atom is -0.294 e. The van der Waals surface area contributed by atoms with Crippen molar-refractivity contribution in [3.05, 3.63) is 35.9 Å². The summed E-state index contributed by atoms with van der Waals surface area (Å²) < 4.78 is 0. The van der Waals surface area contributed by atoms with Crippen molar-refractivity contribution in [3.8, 4) is 0 Å². The van der Waals surface area contributed by atoms with Gasteiger partial charge in [-0.15, -0.1) is 0 Å². The summed E-state index contributed by atoms with van der Waals surface area (Å²) in [6.45, 7) is 2.23. The Balaban J connectivity index is 1.95. The highest BCUT2D eigenvalue weighted by atomic mass is 16.1. The van der Waals surface area contributed by atoms with E-state index in [1.54, 1.807) is 0 Å². The molecule has 0 aromatic heterocycles. The van der Waals surface area contributed by atoms with Gasteiger partial charge in [0.05, 0.1) is 0 Å². The lowest BCUT2D eigenvalue weighted by atomic mass is 9.76. The number of carbonyl (C=O) groups excluding carboxylic acids is 1. The third-order valence-corrected chi connectivity index (χ3v) is 4.38. The molecule has 0 radical (unpaired) electrons. The Morgan fingerprint density at radius 3 is 2.44 bits per heavy atom. The van der Waals surface area contributed by atoms with Crippen molar-refractivity contribution in [2.45, 2.75) is 51.9 Å². The number of rotatable bonds is 5. The largest absolute Gasteiger partial charge is 0.294 e. The number of ketones is 1. The van der Waals surface area contributed by atoms with Gasteiger partial charge in [0.1, 0.15) is 0 Å². The number of benzene rings is 1. The Labute approximate surface area is 111 Å². The van der Waals surface area contributed by atoms with Crippen molar-refractivity contribution in [1.82, 2.24) is 0 Å². The maximum atomic E-state index is 12.3. The summed E-state index contributed by atoms with van der Waals surface area (Å²) in [6.07, 6.45) is 8.66. The van der Waals surface area contributed by atoms with E-state index in [9.17, 15) is 4.79 Å². The summed E-state index contributed by atoms with van der Waals surface area (Å²) in [7, 11) is 0. The molecule has 0 spiro atoms. The van der Waals surface area contributed by atoms with E-state index in [-0.39, 0.29) is 0 Å². The van der Waals surface area contributed by atoms with Gasteiger partial charge in [0.25, 0.3) is 0 Å². The summed E-state index contributed by atoms with van der Waals surface area (Å²) in [6, 6.07) is 9.75. The van der Waals surface area contributed by atoms with E-state index in [0.29, 0.717) is 11.7 Å². The van der Waals surface area contributed by atoms with Crippen LogP contribution in [-0.4, -0.2) is 5.78 Å². The fourth-order valence-electron chi connectivity index (χ4n) is 3.23. The van der Waals surface area contributed by atoms with E-state index in [0.717, 1.165) is 24.3 Å². The molecule has 1 saturated carbocycles. The Bertz CT molecular complexity index is 362. The van der Waals surface area contributed by atoms with Crippen molar-refractivity contribution < 1.29 is 4.79 Å². The van der Waals surface area contributed by atoms with E-state index < -0.39 is 0 Å². The molecule has 1 fully saturated rings. The molecule has 0 N–H and O–H groups in total. The molecule has 18 heavy (non-hydrogen) atoms. The van der Waals surface area contributed by atoms with Gasteiger partial charge in [-0.25, -0.2) is 0 Å². The molecule has 1 aromatic carbocycles. The summed E-state index contributed by atoms with van der Waals surface area (Å²) in [4.78, 5) is 12.3. The molecule has 1 aromatic rings. The molecular weight excluding hydrogens is 220 g/mol. The first-order valence-electron chi connectivity index (χ1n) is 7.39. The first kappa shape index (κ1) is 13.3. The molecule has 1 heteroatoms. The Kier molecular flexibility index (Phi) is 4.98. The van der Waals surface area contributed by atoms with Gasteiger partial charge in [0, 0.05) is 12.0 Å². The van der Waals surface area contributed by atoms with E-state index in [4.69, 9.17) is 0 Å². The van der Waals surface area contributed by atoms with Gasteiger partial charge in [-0.05, 0) is 11.8 Å². The van der Waals surface area contributed by atoms with Crippen molar-refractivity contribution in [2.75, 3.05) is 0 Å². The van der Waals surface area contributed by atoms with Crippen molar-refractivity contribution >= 4 is 5.78 Å². The Morgan fingerprint density at radius 1 is 1.17 bits per heavy atom. The van der Waals surface area contributed by atoms with Gasteiger partial charge >= 0.3 is 0 Å². The number of hydrogen-bond acceptors (Lipinski definition) is 1. The van der Waals surface area contributed by atoms with Crippen molar-refractivity contribution in [3.63, 3.8) is 0 Å². The second kappa shape index (κ2) is 6.72. The smallest absolute Gasteiger partial charge is 0.163 e. The molecule has 1 aliphatic carbocycles. The van der Waals surface area contributed by atoms with Crippen LogP contribution in [0.2, 0.25) is 0 Å². The maximum absolute atomic E-state index is 12.3. The summed E-state index contributed by atoms with van der Waals surface area (Å²) in [5.41, 5.74) is 0.881. The molecule has 1 nitrogen and oxygen atoms in total. The SMILES string of the molecule is CC[C@@H](CC(=O)c1ccccc1)C1CCCCC1. The number of hydrogen-bond donors (Lipinski definition) is 0. The fourth-order valence-corrected chi connectivity index (χ4v) is 3.23. The lowest BCUT2D eigenvalue weighted by Gasteiger charge is -2.29. The van der Waals surface area contributed by atoms with Crippen LogP contribution in [0.4, 0.5) is 0 Å². The van der Waals surface area contributed by atoms with Gasteiger partial charge in [-0.1, -0.05) is 75.8 Å². The van der Waals surface area contributed by atoms with E-state index >= 15 is 0 Å². The zero-order chi connectivity index (χ0) is 12.8. The first-order valence-corrected chi connectivity index (χ1v) is 7.39. The predicted octanol–water partition coefficient (Wildman–Crippen LogP) is 4.87. The lowest BCUT2D eigenvalue weighted by Crippen LogP contribution is -2.20. The molecule has 0 bridgehead atoms. The van der Waals surface area contributed by atoms with E-state index in [2.05, 4.69) is 6.92 Å². The molecule has 98 valence electrons. The minimum absolute atomic E-state index is 0.327. The molecule has 0 saturated heterocycles. The third-order valence-electron chi connectivity index (χ3n) is 4.38. The monoisotopic (exact) mass is 244 g/mol. The average molecular weight is 244 g/mol. The van der Waals surface area contributed by atoms with Crippen LogP contribution in [0.3, 0.4) is 0 Å². The highest BCUT2D eigenvalue weighted by Crippen LogP contribution is 2.34. The van der Waals surface area contributed by atoms with Crippen molar-refractivity contribution in [2.24, 2.45) is 11.8 Å². The molecule has 0 heterocycles. The number of Topliss-reactive ketones (excluding diaryl/α,β-unsaturated/α-hetero) is 1. The molecule has 0 aliphatic heterocycles. The molecule has 1 atom stereocenters. The molecule has 0 unspecified atom stereocenters. The van der Waals surface area contributed by atoms with Crippen LogP contribution in [-0.2, 0) is 0 Å². The molecule has 0 amide bonds. The normalized spacial score (nSPS) is 18.5. The topological polar surface area (TPSA) is 17.1 Å². The minimum atomic E-state index is 0.327. The van der Waals surface area contributed by atoms with Crippen LogP contribution >= 0.6 is 0 Å². The summed E-state index contributed by atoms with van der Waals surface area (Å²) >= 11 is 0. The van der Waals surface area contributed by atoms with Crippen LogP contribution in [0.25, 0.3) is 0 Å². The highest BCUT2D eigenvalue weighted by Gasteiger charge is 2.24. The summed E-state index contributed by atoms with van der Waals surface area (Å²) in [5, 5.41) is 0. The van der Waals surface area contributed by atoms with Crippen molar-refractivity contribution in [1.29, 1.82) is 0 Å². The summed E-state index contributed by atoms with van der Waals surface area (Å²) in [5.74, 6) is 1.71. The average Bonchev–Trinajstić information content (AvgIpc) is 2.46. The van der Waals surface area contributed by atoms with Gasteiger partial charge in [-0.2, -0.15) is 0 Å². The predicted molar refractivity (Wildman–Crippen MR) is 75.7 cm³/mol. The van der Waals surface area contributed by atoms with Gasteiger partial charge in [-0.3, -0.25) is 4.79 Å². The Morgan fingerprint density at radius 2 is 1.83 bits per heavy atom. The first-order chi connectivity index (χ1) is 8.81. The number of carbonyl (C=O) groups is 1. The second-order valence-electron chi connectivity index (χ2n) is 5.56. The molecular formula is C17H24O. The van der Waals surface area contributed by atoms with Crippen LogP contribution in [0.15, 0.2) is 30.3 Å².